The summed E-state index contributed by atoms with van der Waals surface area (Å²) in [7, 11) is 2.96. The lowest BCUT2D eigenvalue weighted by atomic mass is 9.56. The number of hydrogen-bond donors (Lipinski definition) is 2. The van der Waals surface area contributed by atoms with Crippen LogP contribution in [0, 0.1) is 31.1 Å². The van der Waals surface area contributed by atoms with Crippen LogP contribution in [-0.4, -0.2) is 76.6 Å². The lowest BCUT2D eigenvalue weighted by Gasteiger charge is -2.52. The molecule has 0 radical (unpaired) electrons. The van der Waals surface area contributed by atoms with Gasteiger partial charge in [-0.05, 0) is 112 Å². The largest absolute Gasteiger partial charge is 0.400 e. The molecule has 65 heavy (non-hydrogen) atoms. The van der Waals surface area contributed by atoms with Crippen LogP contribution in [0.25, 0.3) is 27.8 Å². The van der Waals surface area contributed by atoms with Crippen molar-refractivity contribution in [1.29, 1.82) is 0 Å². The maximum Gasteiger partial charge on any atom is 0.210 e. The molecule has 3 aromatic heterocycles. The highest BCUT2D eigenvalue weighted by Crippen LogP contribution is 2.55. The Kier molecular flexibility index (Phi) is 24.1. The van der Waals surface area contributed by atoms with Gasteiger partial charge < -0.3 is 24.7 Å². The monoisotopic (exact) mass is 906 g/mol. The third kappa shape index (κ3) is 16.5. The number of hydrogen-bond acceptors (Lipinski definition) is 10. The van der Waals surface area contributed by atoms with Gasteiger partial charge in [0.05, 0.1) is 27.5 Å². The minimum Gasteiger partial charge on any atom is -0.400 e. The molecule has 5 aromatic rings. The van der Waals surface area contributed by atoms with Gasteiger partial charge in [0.25, 0.3) is 0 Å². The first-order valence-electron chi connectivity index (χ1n) is 23.7. The van der Waals surface area contributed by atoms with Gasteiger partial charge in [0.2, 0.25) is 6.41 Å². The Hall–Kier alpha value is -4.97. The smallest absolute Gasteiger partial charge is 0.210 e. The lowest BCUT2D eigenvalue weighted by Crippen LogP contribution is -2.47. The molecule has 354 valence electrons. The van der Waals surface area contributed by atoms with Crippen LogP contribution in [0.4, 0.5) is 5.82 Å². The fourth-order valence-corrected chi connectivity index (χ4v) is 9.16. The molecule has 1 saturated carbocycles. The average molecular weight is 906 g/mol. The molecule has 2 aromatic carbocycles. The van der Waals surface area contributed by atoms with Crippen LogP contribution < -0.4 is 10.2 Å². The fraction of sp³-hybridized carbons (Fsp3) is 0.500. The Balaban J connectivity index is 0.000000297. The molecule has 2 saturated heterocycles. The second-order valence-corrected chi connectivity index (χ2v) is 18.2. The van der Waals surface area contributed by atoms with E-state index in [0.29, 0.717) is 23.3 Å². The van der Waals surface area contributed by atoms with Crippen molar-refractivity contribution in [3.8, 4) is 21.7 Å². The predicted molar refractivity (Wildman–Crippen MR) is 274 cm³/mol. The van der Waals surface area contributed by atoms with Gasteiger partial charge in [-0.2, -0.15) is 5.10 Å². The van der Waals surface area contributed by atoms with Crippen molar-refractivity contribution in [3.05, 3.63) is 119 Å². The van der Waals surface area contributed by atoms with Crippen molar-refractivity contribution >= 4 is 29.6 Å². The van der Waals surface area contributed by atoms with Gasteiger partial charge in [-0.3, -0.25) is 4.79 Å². The minimum atomic E-state index is 0.308. The van der Waals surface area contributed by atoms with Crippen molar-refractivity contribution in [2.24, 2.45) is 17.3 Å². The second kappa shape index (κ2) is 28.8. The summed E-state index contributed by atoms with van der Waals surface area (Å²) in [5, 5.41) is 23.5. The molecule has 2 N–H and O–H groups in total. The molecular formula is C54H79N7O3S. The van der Waals surface area contributed by atoms with Gasteiger partial charge in [0, 0.05) is 57.4 Å². The second-order valence-electron chi connectivity index (χ2n) is 17.4. The molecule has 1 atom stereocenters. The maximum atomic E-state index is 10.3. The van der Waals surface area contributed by atoms with E-state index in [0.717, 1.165) is 93.2 Å². The quantitative estimate of drug-likeness (QED) is 0.0986. The first kappa shape index (κ1) is 54.4. The van der Waals surface area contributed by atoms with Gasteiger partial charge in [0.1, 0.15) is 5.76 Å². The van der Waals surface area contributed by atoms with Gasteiger partial charge in [-0.1, -0.05) is 119 Å². The molecule has 1 amide bonds. The predicted octanol–water partition coefficient (Wildman–Crippen LogP) is 12.4. The molecule has 11 heteroatoms. The van der Waals surface area contributed by atoms with Crippen molar-refractivity contribution < 1.29 is 14.4 Å². The number of thiazole rings is 1. The third-order valence-electron chi connectivity index (χ3n) is 11.9. The van der Waals surface area contributed by atoms with E-state index in [2.05, 4.69) is 133 Å². The van der Waals surface area contributed by atoms with Crippen LogP contribution in [0.3, 0.4) is 0 Å². The van der Waals surface area contributed by atoms with E-state index in [1.165, 1.54) is 59.2 Å². The molecule has 8 rings (SSSR count). The van der Waals surface area contributed by atoms with Crippen molar-refractivity contribution in [2.45, 2.75) is 126 Å². The number of piperidine rings is 1. The summed E-state index contributed by atoms with van der Waals surface area (Å²) in [6.45, 7) is 26.7. The van der Waals surface area contributed by atoms with Gasteiger partial charge in [-0.25, -0.2) is 4.98 Å². The summed E-state index contributed by atoms with van der Waals surface area (Å²) < 4.78 is 5.56. The van der Waals surface area contributed by atoms with Crippen LogP contribution in [0.15, 0.2) is 95.0 Å². The molecule has 2 aliphatic heterocycles. The number of nitrogens with one attached hydrogen (secondary N) is 1. The highest BCUT2D eigenvalue weighted by Gasteiger charge is 2.46. The summed E-state index contributed by atoms with van der Waals surface area (Å²) in [6, 6.07) is 23.5. The summed E-state index contributed by atoms with van der Waals surface area (Å²) in [5.74, 6) is 3.27. The van der Waals surface area contributed by atoms with Crippen LogP contribution in [0.1, 0.15) is 122 Å². The highest BCUT2D eigenvalue weighted by atomic mass is 32.1. The fourth-order valence-electron chi connectivity index (χ4n) is 8.35. The standard InChI is InChI=1S/C29H36N4O.C12H14N2S.C7H11NO.C3H8.C2H6.CH4O/c1-20(2)14-25-17-28(32-34-25)33-12-10-29(11-13-33)18-24(19-29)21(3)15-26-22(4)16-27(31-30-26)23-8-6-5-7-9-23;1-9-12(15-8-14-9)11-5-3-10(4-6-11)7-13-2;1-2-7-4-3-5-8(7)6-9;1-3-2;2*1-2/h5-9,15-17,20,24H,10-14,18-19H2,1-4H3;3-6,8,13H,7H2,1-2H3;2,6-7H,1,3-5H2;3H2,1-2H3;1-2H3;2H,1H3/b21-15+;;;;;. The number of benzene rings is 2. The Labute approximate surface area is 395 Å². The number of aryl methyl sites for hydroxylation is 2. The number of rotatable bonds is 11. The number of nitrogens with zero attached hydrogens (tertiary/aromatic N) is 6. The number of amides is 1. The number of anilines is 1. The third-order valence-corrected chi connectivity index (χ3v) is 12.8. The number of aliphatic hydroxyl groups is 1. The SMILES string of the molecule is C/C(=C\c1nnc(-c2ccccc2)cc1C)C1CC2(CCN(c3cc(CC(C)C)on3)CC2)C1.C=CC1CCCN1C=O.CC.CCC.CNCc1ccc(-c2scnc2C)cc1.CO. The Morgan fingerprint density at radius 1 is 0.985 bits per heavy atom. The maximum absolute atomic E-state index is 10.3. The molecular weight excluding hydrogens is 827 g/mol. The molecule has 3 aliphatic rings. The molecule has 1 unspecified atom stereocenters. The van der Waals surface area contributed by atoms with Gasteiger partial charge >= 0.3 is 0 Å². The van der Waals surface area contributed by atoms with E-state index in [1.807, 2.05) is 57.6 Å². The number of aliphatic hydroxyl groups excluding tert-OH is 1. The summed E-state index contributed by atoms with van der Waals surface area (Å²) in [4.78, 5) is 20.0. The zero-order chi connectivity index (χ0) is 47.8. The summed E-state index contributed by atoms with van der Waals surface area (Å²) in [6.07, 6.45) is 14.5. The summed E-state index contributed by atoms with van der Waals surface area (Å²) >= 11 is 1.70. The molecule has 0 bridgehead atoms. The number of likely N-dealkylation sites (tertiary alicyclic amines) is 1. The van der Waals surface area contributed by atoms with Crippen LogP contribution in [0.5, 0.6) is 0 Å². The number of carbonyl (C=O) groups excluding carboxylic acids is 1. The van der Waals surface area contributed by atoms with E-state index < -0.39 is 0 Å². The zero-order valence-corrected chi connectivity index (χ0v) is 42.3. The number of aromatic nitrogens is 4. The van der Waals surface area contributed by atoms with E-state index >= 15 is 0 Å². The van der Waals surface area contributed by atoms with Crippen LogP contribution in [-0.2, 0) is 17.8 Å². The lowest BCUT2D eigenvalue weighted by molar-refractivity contribution is -0.118. The van der Waals surface area contributed by atoms with Gasteiger partial charge in [-0.15, -0.1) is 23.0 Å². The first-order valence-corrected chi connectivity index (χ1v) is 24.6. The average Bonchev–Trinajstić information content (AvgIpc) is 4.10. The van der Waals surface area contributed by atoms with Crippen LogP contribution in [0.2, 0.25) is 0 Å². The molecule has 3 fully saturated rings. The number of carbonyl (C=O) groups is 1. The molecule has 1 spiro atoms. The van der Waals surface area contributed by atoms with Gasteiger partial charge in [0.15, 0.2) is 5.82 Å². The topological polar surface area (TPSA) is 121 Å². The van der Waals surface area contributed by atoms with E-state index in [-0.39, 0.29) is 0 Å². The molecule has 5 heterocycles. The summed E-state index contributed by atoms with van der Waals surface area (Å²) in [5.41, 5.74) is 11.7. The Morgan fingerprint density at radius 3 is 2.18 bits per heavy atom. The van der Waals surface area contributed by atoms with Crippen molar-refractivity contribution in [2.75, 3.05) is 38.7 Å². The minimum absolute atomic E-state index is 0.308. The van der Waals surface area contributed by atoms with E-state index in [4.69, 9.17) is 9.63 Å². The first-order chi connectivity index (χ1) is 31.5. The van der Waals surface area contributed by atoms with Crippen LogP contribution >= 0.6 is 11.3 Å². The Bertz CT molecular complexity index is 2100. The molecule has 1 aliphatic carbocycles. The van der Waals surface area contributed by atoms with Crippen molar-refractivity contribution in [1.82, 2.24) is 30.6 Å². The van der Waals surface area contributed by atoms with E-state index in [1.54, 1.807) is 16.2 Å². The molecule has 10 nitrogen and oxygen atoms in total. The normalized spacial score (nSPS) is 16.2. The zero-order valence-electron chi connectivity index (χ0n) is 41.4. The van der Waals surface area contributed by atoms with Crippen molar-refractivity contribution in [3.63, 3.8) is 0 Å². The number of allylic oxidation sites excluding steroid dienone is 1. The van der Waals surface area contributed by atoms with E-state index in [9.17, 15) is 4.79 Å². The highest BCUT2D eigenvalue weighted by molar-refractivity contribution is 7.13. The Morgan fingerprint density at radius 2 is 1.65 bits per heavy atom.